The molecule has 1 aromatic rings. The fraction of sp³-hybridized carbons (Fsp3) is 0.385. The van der Waals surface area contributed by atoms with E-state index in [-0.39, 0.29) is 12.1 Å². The van der Waals surface area contributed by atoms with Crippen LogP contribution in [0.1, 0.15) is 19.4 Å². The molecule has 1 heterocycles. The van der Waals surface area contributed by atoms with E-state index in [9.17, 15) is 9.59 Å². The lowest BCUT2D eigenvalue weighted by Crippen LogP contribution is -2.48. The Morgan fingerprint density at radius 3 is 2.78 bits per heavy atom. The normalized spacial score (nSPS) is 19.2. The minimum absolute atomic E-state index is 0.0448. The number of urea groups is 1. The number of carbonyl (C=O) groups excluding carboxylic acids is 1. The molecule has 0 saturated carbocycles. The van der Waals surface area contributed by atoms with Gasteiger partial charge in [-0.05, 0) is 31.9 Å². The fourth-order valence-electron chi connectivity index (χ4n) is 2.19. The number of benzene rings is 1. The van der Waals surface area contributed by atoms with Crippen molar-refractivity contribution in [2.45, 2.75) is 32.4 Å². The summed E-state index contributed by atoms with van der Waals surface area (Å²) in [6, 6.07) is 6.47. The van der Waals surface area contributed by atoms with E-state index in [1.54, 1.807) is 4.90 Å². The van der Waals surface area contributed by atoms with Crippen molar-refractivity contribution in [2.75, 3.05) is 4.90 Å². The lowest BCUT2D eigenvalue weighted by atomic mass is 10.1. The monoisotopic (exact) mass is 248 g/mol. The van der Waals surface area contributed by atoms with Crippen molar-refractivity contribution in [3.8, 4) is 0 Å². The molecule has 5 nitrogen and oxygen atoms in total. The summed E-state index contributed by atoms with van der Waals surface area (Å²) in [4.78, 5) is 24.4. The van der Waals surface area contributed by atoms with Gasteiger partial charge in [-0.2, -0.15) is 0 Å². The minimum atomic E-state index is -1.04. The highest BCUT2D eigenvalue weighted by Crippen LogP contribution is 2.31. The Hall–Kier alpha value is -2.04. The Morgan fingerprint density at radius 1 is 1.44 bits per heavy atom. The smallest absolute Gasteiger partial charge is 0.325 e. The van der Waals surface area contributed by atoms with E-state index in [4.69, 9.17) is 5.11 Å². The van der Waals surface area contributed by atoms with Crippen LogP contribution >= 0.6 is 0 Å². The molecule has 2 N–H and O–H groups in total. The maximum absolute atomic E-state index is 12.1. The van der Waals surface area contributed by atoms with E-state index in [1.165, 1.54) is 6.92 Å². The van der Waals surface area contributed by atoms with Crippen molar-refractivity contribution in [1.29, 1.82) is 0 Å². The zero-order valence-corrected chi connectivity index (χ0v) is 10.4. The number of nitrogens with one attached hydrogen (secondary N) is 1. The molecule has 2 rings (SSSR count). The van der Waals surface area contributed by atoms with Gasteiger partial charge in [0.1, 0.15) is 6.04 Å². The SMILES string of the molecule is CC1Cc2ccccc2N1C(=O)N[C@@H](C)C(=O)O. The quantitative estimate of drug-likeness (QED) is 0.835. The highest BCUT2D eigenvalue weighted by molar-refractivity contribution is 5.96. The second-order valence-corrected chi connectivity index (χ2v) is 4.56. The zero-order valence-electron chi connectivity index (χ0n) is 10.4. The first-order valence-electron chi connectivity index (χ1n) is 5.91. The van der Waals surface area contributed by atoms with Crippen molar-refractivity contribution >= 4 is 17.7 Å². The third kappa shape index (κ3) is 2.16. The number of nitrogens with zero attached hydrogens (tertiary/aromatic N) is 1. The number of hydrogen-bond donors (Lipinski definition) is 2. The lowest BCUT2D eigenvalue weighted by molar-refractivity contribution is -0.138. The Kier molecular flexibility index (Phi) is 3.23. The number of hydrogen-bond acceptors (Lipinski definition) is 2. The summed E-state index contributed by atoms with van der Waals surface area (Å²) in [6.07, 6.45) is 0.797. The molecule has 0 spiro atoms. The molecule has 1 aliphatic rings. The molecule has 0 fully saturated rings. The number of carboxylic acids is 1. The Balaban J connectivity index is 2.18. The third-order valence-electron chi connectivity index (χ3n) is 3.14. The van der Waals surface area contributed by atoms with Gasteiger partial charge in [-0.25, -0.2) is 4.79 Å². The first-order chi connectivity index (χ1) is 8.50. The van der Waals surface area contributed by atoms with Gasteiger partial charge in [0.15, 0.2) is 0 Å². The van der Waals surface area contributed by atoms with Crippen molar-refractivity contribution in [2.24, 2.45) is 0 Å². The number of carboxylic acid groups (broad SMARTS) is 1. The molecular weight excluding hydrogens is 232 g/mol. The van der Waals surface area contributed by atoms with Crippen molar-refractivity contribution in [1.82, 2.24) is 5.32 Å². The molecule has 0 saturated heterocycles. The highest BCUT2D eigenvalue weighted by atomic mass is 16.4. The molecule has 1 unspecified atom stereocenters. The van der Waals surface area contributed by atoms with Gasteiger partial charge in [-0.3, -0.25) is 9.69 Å². The van der Waals surface area contributed by atoms with Gasteiger partial charge in [0.2, 0.25) is 0 Å². The van der Waals surface area contributed by atoms with Crippen molar-refractivity contribution in [3.63, 3.8) is 0 Å². The van der Waals surface area contributed by atoms with Crippen LogP contribution in [-0.2, 0) is 11.2 Å². The summed E-state index contributed by atoms with van der Waals surface area (Å²) in [6.45, 7) is 3.40. The molecule has 2 amide bonds. The molecular formula is C13H16N2O3. The average Bonchev–Trinajstić information content (AvgIpc) is 2.64. The molecule has 2 atom stereocenters. The van der Waals surface area contributed by atoms with Gasteiger partial charge in [0, 0.05) is 11.7 Å². The van der Waals surface area contributed by atoms with Gasteiger partial charge in [-0.15, -0.1) is 0 Å². The van der Waals surface area contributed by atoms with Crippen LogP contribution in [0.2, 0.25) is 0 Å². The number of amides is 2. The summed E-state index contributed by atoms with van der Waals surface area (Å²) < 4.78 is 0. The van der Waals surface area contributed by atoms with Crippen LogP contribution in [0.25, 0.3) is 0 Å². The van der Waals surface area contributed by atoms with Gasteiger partial charge in [0.25, 0.3) is 0 Å². The first kappa shape index (κ1) is 12.4. The summed E-state index contributed by atoms with van der Waals surface area (Å²) in [5.41, 5.74) is 1.98. The summed E-state index contributed by atoms with van der Waals surface area (Å²) >= 11 is 0. The van der Waals surface area contributed by atoms with E-state index in [0.717, 1.165) is 17.7 Å². The number of fused-ring (bicyclic) bond motifs is 1. The number of carbonyl (C=O) groups is 2. The lowest BCUT2D eigenvalue weighted by Gasteiger charge is -2.24. The topological polar surface area (TPSA) is 69.6 Å². The standard InChI is InChI=1S/C13H16N2O3/c1-8-7-10-5-3-4-6-11(10)15(8)13(18)14-9(2)12(16)17/h3-6,8-9H,7H2,1-2H3,(H,14,18)(H,16,17)/t8?,9-/m0/s1. The Bertz CT molecular complexity index is 487. The molecule has 0 bridgehead atoms. The molecule has 1 aromatic carbocycles. The predicted octanol–water partition coefficient (Wildman–Crippen LogP) is 1.62. The Labute approximate surface area is 105 Å². The predicted molar refractivity (Wildman–Crippen MR) is 67.7 cm³/mol. The Morgan fingerprint density at radius 2 is 2.11 bits per heavy atom. The highest BCUT2D eigenvalue weighted by Gasteiger charge is 2.31. The zero-order chi connectivity index (χ0) is 13.3. The summed E-state index contributed by atoms with van der Waals surface area (Å²) in [5.74, 6) is -1.04. The number of anilines is 1. The molecule has 18 heavy (non-hydrogen) atoms. The van der Waals surface area contributed by atoms with E-state index in [0.29, 0.717) is 0 Å². The van der Waals surface area contributed by atoms with Crippen molar-refractivity contribution in [3.05, 3.63) is 29.8 Å². The van der Waals surface area contributed by atoms with E-state index in [1.807, 2.05) is 31.2 Å². The van der Waals surface area contributed by atoms with E-state index in [2.05, 4.69) is 5.32 Å². The number of para-hydroxylation sites is 1. The minimum Gasteiger partial charge on any atom is -0.480 e. The maximum Gasteiger partial charge on any atom is 0.325 e. The van der Waals surface area contributed by atoms with Crippen LogP contribution in [0.5, 0.6) is 0 Å². The average molecular weight is 248 g/mol. The van der Waals surface area contributed by atoms with Gasteiger partial charge in [-0.1, -0.05) is 18.2 Å². The van der Waals surface area contributed by atoms with Gasteiger partial charge < -0.3 is 10.4 Å². The van der Waals surface area contributed by atoms with E-state index >= 15 is 0 Å². The van der Waals surface area contributed by atoms with Crippen LogP contribution in [0.15, 0.2) is 24.3 Å². The van der Waals surface area contributed by atoms with Crippen LogP contribution in [0.4, 0.5) is 10.5 Å². The molecule has 1 aliphatic heterocycles. The largest absolute Gasteiger partial charge is 0.480 e. The first-order valence-corrected chi connectivity index (χ1v) is 5.91. The molecule has 96 valence electrons. The summed E-state index contributed by atoms with van der Waals surface area (Å²) in [5, 5.41) is 11.3. The van der Waals surface area contributed by atoms with Crippen LogP contribution in [0, 0.1) is 0 Å². The van der Waals surface area contributed by atoms with Gasteiger partial charge >= 0.3 is 12.0 Å². The number of aliphatic carboxylic acids is 1. The molecule has 5 heteroatoms. The second-order valence-electron chi connectivity index (χ2n) is 4.56. The number of rotatable bonds is 2. The maximum atomic E-state index is 12.1. The van der Waals surface area contributed by atoms with Crippen LogP contribution in [0.3, 0.4) is 0 Å². The molecule has 0 aromatic heterocycles. The fourth-order valence-corrected chi connectivity index (χ4v) is 2.19. The van der Waals surface area contributed by atoms with Crippen LogP contribution < -0.4 is 10.2 Å². The second kappa shape index (κ2) is 4.68. The van der Waals surface area contributed by atoms with Crippen LogP contribution in [-0.4, -0.2) is 29.2 Å². The summed E-state index contributed by atoms with van der Waals surface area (Å²) in [7, 11) is 0. The van der Waals surface area contributed by atoms with E-state index < -0.39 is 12.0 Å². The van der Waals surface area contributed by atoms with Gasteiger partial charge in [0.05, 0.1) is 0 Å². The molecule has 0 radical (unpaired) electrons. The third-order valence-corrected chi connectivity index (χ3v) is 3.14. The van der Waals surface area contributed by atoms with Crippen molar-refractivity contribution < 1.29 is 14.7 Å². The molecule has 0 aliphatic carbocycles.